The van der Waals surface area contributed by atoms with E-state index < -0.39 is 18.0 Å². The number of H-pyrrole nitrogens is 1. The van der Waals surface area contributed by atoms with Crippen molar-refractivity contribution in [3.8, 4) is 0 Å². The molecular weight excluding hydrogens is 348 g/mol. The van der Waals surface area contributed by atoms with Crippen molar-refractivity contribution in [2.45, 2.75) is 44.2 Å². The highest BCUT2D eigenvalue weighted by Crippen LogP contribution is 2.20. The highest BCUT2D eigenvalue weighted by Gasteiger charge is 2.37. The molecule has 3 heterocycles. The largest absolute Gasteiger partial charge is 0.368 e. The number of primary amides is 1. The highest BCUT2D eigenvalue weighted by atomic mass is 16.2. The second-order valence-electron chi connectivity index (χ2n) is 7.54. The van der Waals surface area contributed by atoms with Crippen LogP contribution in [0, 0.1) is 5.92 Å². The van der Waals surface area contributed by atoms with Crippen LogP contribution in [0.4, 0.5) is 0 Å². The topological polar surface area (TPSA) is 124 Å². The Morgan fingerprint density at radius 2 is 2.11 bits per heavy atom. The van der Waals surface area contributed by atoms with Gasteiger partial charge in [-0.2, -0.15) is 0 Å². The molecule has 3 amide bonds. The molecular formula is C18H28N6O3. The molecule has 27 heavy (non-hydrogen) atoms. The molecule has 2 aliphatic heterocycles. The van der Waals surface area contributed by atoms with Crippen LogP contribution in [0.5, 0.6) is 0 Å². The van der Waals surface area contributed by atoms with Gasteiger partial charge in [0.1, 0.15) is 12.1 Å². The molecule has 0 spiro atoms. The zero-order chi connectivity index (χ0) is 19.4. The van der Waals surface area contributed by atoms with Gasteiger partial charge in [0.05, 0.1) is 12.2 Å². The maximum atomic E-state index is 13.1. The Morgan fingerprint density at radius 3 is 2.78 bits per heavy atom. The average Bonchev–Trinajstić information content (AvgIpc) is 3.32. The van der Waals surface area contributed by atoms with Crippen molar-refractivity contribution in [1.29, 1.82) is 0 Å². The van der Waals surface area contributed by atoms with Crippen molar-refractivity contribution < 1.29 is 14.4 Å². The van der Waals surface area contributed by atoms with Crippen molar-refractivity contribution in [3.63, 3.8) is 0 Å². The van der Waals surface area contributed by atoms with Gasteiger partial charge in [-0.3, -0.25) is 14.4 Å². The van der Waals surface area contributed by atoms with E-state index in [4.69, 9.17) is 5.73 Å². The Bertz CT molecular complexity index is 677. The van der Waals surface area contributed by atoms with E-state index >= 15 is 0 Å². The third-order valence-corrected chi connectivity index (χ3v) is 5.45. The van der Waals surface area contributed by atoms with Crippen molar-refractivity contribution in [2.24, 2.45) is 11.7 Å². The third kappa shape index (κ3) is 4.65. The Morgan fingerprint density at radius 1 is 1.33 bits per heavy atom. The molecule has 0 bridgehead atoms. The van der Waals surface area contributed by atoms with E-state index in [1.807, 2.05) is 7.05 Å². The summed E-state index contributed by atoms with van der Waals surface area (Å²) in [5.41, 5.74) is 6.21. The number of nitrogens with one attached hydrogen (secondary N) is 2. The fourth-order valence-corrected chi connectivity index (χ4v) is 4.01. The molecule has 0 aliphatic carbocycles. The number of hydrogen-bond acceptors (Lipinski definition) is 5. The van der Waals surface area contributed by atoms with Gasteiger partial charge in [0.25, 0.3) is 0 Å². The van der Waals surface area contributed by atoms with Gasteiger partial charge in [-0.25, -0.2) is 4.98 Å². The summed E-state index contributed by atoms with van der Waals surface area (Å²) in [6, 6.07) is -1.34. The first-order chi connectivity index (χ1) is 13.0. The summed E-state index contributed by atoms with van der Waals surface area (Å²) in [6.45, 7) is 2.15. The monoisotopic (exact) mass is 376 g/mol. The van der Waals surface area contributed by atoms with E-state index in [1.54, 1.807) is 6.20 Å². The third-order valence-electron chi connectivity index (χ3n) is 5.45. The van der Waals surface area contributed by atoms with Gasteiger partial charge in [0.2, 0.25) is 17.7 Å². The van der Waals surface area contributed by atoms with Crippen molar-refractivity contribution in [3.05, 3.63) is 18.2 Å². The number of carbonyl (C=O) groups excluding carboxylic acids is 3. The van der Waals surface area contributed by atoms with Crippen LogP contribution in [0.1, 0.15) is 31.4 Å². The van der Waals surface area contributed by atoms with E-state index in [9.17, 15) is 14.4 Å². The van der Waals surface area contributed by atoms with E-state index in [0.717, 1.165) is 31.5 Å². The number of aromatic amines is 1. The molecule has 0 radical (unpaired) electrons. The summed E-state index contributed by atoms with van der Waals surface area (Å²) in [6.07, 6.45) is 6.55. The summed E-state index contributed by atoms with van der Waals surface area (Å²) >= 11 is 0. The summed E-state index contributed by atoms with van der Waals surface area (Å²) in [7, 11) is 1.99. The van der Waals surface area contributed by atoms with Gasteiger partial charge in [0.15, 0.2) is 0 Å². The molecule has 3 rings (SSSR count). The smallest absolute Gasteiger partial charge is 0.246 e. The Kier molecular flexibility index (Phi) is 6.10. The van der Waals surface area contributed by atoms with Gasteiger partial charge in [-0.05, 0) is 39.3 Å². The summed E-state index contributed by atoms with van der Waals surface area (Å²) in [4.78, 5) is 48.2. The van der Waals surface area contributed by atoms with Crippen LogP contribution in [-0.4, -0.2) is 76.3 Å². The fourth-order valence-electron chi connectivity index (χ4n) is 4.01. The number of hydrogen-bond donors (Lipinski definition) is 3. The molecule has 1 aromatic heterocycles. The first kappa shape index (κ1) is 19.3. The van der Waals surface area contributed by atoms with E-state index in [-0.39, 0.29) is 17.7 Å². The minimum absolute atomic E-state index is 0.116. The molecule has 2 saturated heterocycles. The maximum Gasteiger partial charge on any atom is 0.246 e. The van der Waals surface area contributed by atoms with Gasteiger partial charge in [-0.15, -0.1) is 0 Å². The van der Waals surface area contributed by atoms with Crippen LogP contribution < -0.4 is 11.1 Å². The van der Waals surface area contributed by atoms with E-state index in [1.165, 1.54) is 11.2 Å². The number of nitrogens with two attached hydrogens (primary N) is 1. The number of piperidine rings is 1. The molecule has 2 aliphatic rings. The predicted octanol–water partition coefficient (Wildman–Crippen LogP) is -0.745. The maximum absolute atomic E-state index is 13.1. The summed E-state index contributed by atoms with van der Waals surface area (Å²) in [5, 5.41) is 2.93. The normalized spacial score (nSPS) is 24.6. The molecule has 1 aromatic rings. The summed E-state index contributed by atoms with van der Waals surface area (Å²) < 4.78 is 0. The Balaban J connectivity index is 1.73. The predicted molar refractivity (Wildman–Crippen MR) is 98.4 cm³/mol. The number of imidazole rings is 1. The Labute approximate surface area is 158 Å². The highest BCUT2D eigenvalue weighted by molar-refractivity contribution is 5.92. The molecule has 3 unspecified atom stereocenters. The second-order valence-corrected chi connectivity index (χ2v) is 7.54. The molecule has 0 aromatic carbocycles. The zero-order valence-corrected chi connectivity index (χ0v) is 15.7. The lowest BCUT2D eigenvalue weighted by Crippen LogP contribution is -2.55. The van der Waals surface area contributed by atoms with Gasteiger partial charge in [0, 0.05) is 31.4 Å². The van der Waals surface area contributed by atoms with Crippen LogP contribution in [0.25, 0.3) is 0 Å². The minimum Gasteiger partial charge on any atom is -0.368 e. The number of rotatable bonds is 6. The number of aromatic nitrogens is 2. The lowest BCUT2D eigenvalue weighted by molar-refractivity contribution is -0.141. The van der Waals surface area contributed by atoms with Crippen LogP contribution in [-0.2, 0) is 20.8 Å². The number of amides is 3. The number of likely N-dealkylation sites (tertiary alicyclic amines) is 2. The molecule has 9 nitrogen and oxygen atoms in total. The first-order valence-electron chi connectivity index (χ1n) is 9.51. The van der Waals surface area contributed by atoms with Crippen molar-refractivity contribution in [2.75, 3.05) is 26.7 Å². The van der Waals surface area contributed by atoms with Crippen LogP contribution in [0.3, 0.4) is 0 Å². The molecule has 3 atom stereocenters. The van der Waals surface area contributed by atoms with E-state index in [2.05, 4.69) is 20.2 Å². The molecule has 9 heteroatoms. The number of carbonyl (C=O) groups is 3. The average molecular weight is 376 g/mol. The second kappa shape index (κ2) is 8.51. The van der Waals surface area contributed by atoms with Gasteiger partial charge >= 0.3 is 0 Å². The van der Waals surface area contributed by atoms with E-state index in [0.29, 0.717) is 25.9 Å². The molecule has 148 valence electrons. The zero-order valence-electron chi connectivity index (χ0n) is 15.7. The number of nitrogens with zero attached hydrogens (tertiary/aromatic N) is 3. The minimum atomic E-state index is -0.745. The lowest BCUT2D eigenvalue weighted by atomic mass is 9.96. The van der Waals surface area contributed by atoms with Crippen LogP contribution in [0.15, 0.2) is 12.5 Å². The van der Waals surface area contributed by atoms with Gasteiger partial charge < -0.3 is 25.8 Å². The van der Waals surface area contributed by atoms with Crippen LogP contribution in [0.2, 0.25) is 0 Å². The summed E-state index contributed by atoms with van der Waals surface area (Å²) in [5.74, 6) is -1.01. The van der Waals surface area contributed by atoms with Crippen molar-refractivity contribution in [1.82, 2.24) is 25.1 Å². The quantitative estimate of drug-likeness (QED) is 0.603. The van der Waals surface area contributed by atoms with Crippen molar-refractivity contribution >= 4 is 17.7 Å². The SMILES string of the molecule is CN1CCCC(C(=O)NC(Cc2cnc[nH]2)C(=O)N2CCCC2C(N)=O)C1. The molecule has 4 N–H and O–H groups in total. The first-order valence-corrected chi connectivity index (χ1v) is 9.51. The standard InChI is InChI=1S/C18H28N6O3/c1-23-6-2-4-12(10-23)17(26)22-14(8-13-9-20-11-21-13)18(27)24-7-3-5-15(24)16(19)25/h9,11-12,14-15H,2-8,10H2,1H3,(H2,19,25)(H,20,21)(H,22,26). The fraction of sp³-hybridized carbons (Fsp3) is 0.667. The van der Waals surface area contributed by atoms with Gasteiger partial charge in [-0.1, -0.05) is 0 Å². The van der Waals surface area contributed by atoms with Crippen LogP contribution >= 0.6 is 0 Å². The molecule has 0 saturated carbocycles. The lowest BCUT2D eigenvalue weighted by Gasteiger charge is -2.31. The molecule has 2 fully saturated rings. The Hall–Kier alpha value is -2.42.